The topological polar surface area (TPSA) is 26.0 Å². The van der Waals surface area contributed by atoms with Crippen molar-refractivity contribution in [2.75, 3.05) is 0 Å². The Kier molecular flexibility index (Phi) is 4.81. The molecule has 1 atom stereocenters. The summed E-state index contributed by atoms with van der Waals surface area (Å²) in [6, 6.07) is 6.56. The van der Waals surface area contributed by atoms with E-state index in [1.54, 1.807) is 0 Å². The molecule has 84 valence electrons. The van der Waals surface area contributed by atoms with Crippen LogP contribution in [0.5, 0.6) is 0 Å². The van der Waals surface area contributed by atoms with Crippen LogP contribution >= 0.6 is 15.9 Å². The molecule has 0 radical (unpaired) electrons. The summed E-state index contributed by atoms with van der Waals surface area (Å²) in [4.78, 5) is 0. The van der Waals surface area contributed by atoms with Crippen LogP contribution < -0.4 is 5.73 Å². The van der Waals surface area contributed by atoms with Crippen LogP contribution in [0.1, 0.15) is 43.9 Å². The highest BCUT2D eigenvalue weighted by molar-refractivity contribution is 9.10. The molecule has 0 heterocycles. The lowest BCUT2D eigenvalue weighted by Crippen LogP contribution is -2.11. The number of aryl methyl sites for hydroxylation is 1. The largest absolute Gasteiger partial charge is 0.324 e. The summed E-state index contributed by atoms with van der Waals surface area (Å²) in [5.41, 5.74) is 8.63. The average molecular weight is 270 g/mol. The van der Waals surface area contributed by atoms with Crippen molar-refractivity contribution in [3.05, 3.63) is 33.8 Å². The van der Waals surface area contributed by atoms with Gasteiger partial charge in [-0.15, -0.1) is 0 Å². The third kappa shape index (κ3) is 3.96. The molecule has 0 aliphatic rings. The van der Waals surface area contributed by atoms with Crippen LogP contribution in [-0.4, -0.2) is 0 Å². The molecule has 1 aromatic carbocycles. The Balaban J connectivity index is 2.65. The minimum absolute atomic E-state index is 0.171. The maximum absolute atomic E-state index is 6.14. The number of rotatable bonds is 4. The van der Waals surface area contributed by atoms with Gasteiger partial charge in [-0.25, -0.2) is 0 Å². The predicted octanol–water partition coefficient (Wildman–Crippen LogP) is 4.19. The Morgan fingerprint density at radius 1 is 1.27 bits per heavy atom. The first-order chi connectivity index (χ1) is 7.00. The van der Waals surface area contributed by atoms with Crippen molar-refractivity contribution in [1.82, 2.24) is 0 Å². The fraction of sp³-hybridized carbons (Fsp3) is 0.538. The monoisotopic (exact) mass is 269 g/mol. The smallest absolute Gasteiger partial charge is 0.0295 e. The summed E-state index contributed by atoms with van der Waals surface area (Å²) >= 11 is 3.54. The Morgan fingerprint density at radius 2 is 1.93 bits per heavy atom. The maximum Gasteiger partial charge on any atom is 0.0295 e. The standard InChI is InChI=1S/C13H20BrN/c1-9(2)4-7-13(15)11-6-5-10(3)12(14)8-11/h5-6,8-9,13H,4,7,15H2,1-3H3/t13-/m0/s1. The van der Waals surface area contributed by atoms with E-state index in [4.69, 9.17) is 5.73 Å². The lowest BCUT2D eigenvalue weighted by Gasteiger charge is -2.14. The summed E-state index contributed by atoms with van der Waals surface area (Å²) in [5, 5.41) is 0. The molecule has 1 rings (SSSR count). The third-order valence-corrected chi connectivity index (χ3v) is 3.53. The second-order valence-electron chi connectivity index (χ2n) is 4.59. The number of halogens is 1. The second-order valence-corrected chi connectivity index (χ2v) is 5.44. The summed E-state index contributed by atoms with van der Waals surface area (Å²) in [5.74, 6) is 0.727. The minimum Gasteiger partial charge on any atom is -0.324 e. The number of benzene rings is 1. The van der Waals surface area contributed by atoms with Gasteiger partial charge in [-0.3, -0.25) is 0 Å². The molecule has 0 spiro atoms. The fourth-order valence-electron chi connectivity index (χ4n) is 1.52. The van der Waals surface area contributed by atoms with E-state index in [-0.39, 0.29) is 6.04 Å². The van der Waals surface area contributed by atoms with E-state index in [0.717, 1.165) is 16.8 Å². The fourth-order valence-corrected chi connectivity index (χ4v) is 1.92. The molecule has 0 unspecified atom stereocenters. The van der Waals surface area contributed by atoms with Crippen molar-refractivity contribution in [3.63, 3.8) is 0 Å². The van der Waals surface area contributed by atoms with E-state index in [9.17, 15) is 0 Å². The molecule has 2 heteroatoms. The lowest BCUT2D eigenvalue weighted by atomic mass is 9.98. The normalized spacial score (nSPS) is 13.2. The summed E-state index contributed by atoms with van der Waals surface area (Å²) in [6.45, 7) is 6.56. The van der Waals surface area contributed by atoms with E-state index in [1.807, 2.05) is 0 Å². The maximum atomic E-state index is 6.14. The molecule has 0 aromatic heterocycles. The van der Waals surface area contributed by atoms with Crippen molar-refractivity contribution < 1.29 is 0 Å². The van der Waals surface area contributed by atoms with E-state index in [0.29, 0.717) is 0 Å². The van der Waals surface area contributed by atoms with Gasteiger partial charge in [-0.05, 0) is 42.9 Å². The van der Waals surface area contributed by atoms with Gasteiger partial charge in [0.15, 0.2) is 0 Å². The van der Waals surface area contributed by atoms with E-state index in [2.05, 4.69) is 54.9 Å². The van der Waals surface area contributed by atoms with Gasteiger partial charge in [0, 0.05) is 10.5 Å². The molecule has 1 aromatic rings. The molecule has 0 amide bonds. The summed E-state index contributed by atoms with van der Waals surface area (Å²) in [7, 11) is 0. The molecule has 1 nitrogen and oxygen atoms in total. The van der Waals surface area contributed by atoms with E-state index in [1.165, 1.54) is 17.5 Å². The van der Waals surface area contributed by atoms with E-state index >= 15 is 0 Å². The molecule has 0 aliphatic heterocycles. The highest BCUT2D eigenvalue weighted by Crippen LogP contribution is 2.24. The third-order valence-electron chi connectivity index (χ3n) is 2.68. The van der Waals surface area contributed by atoms with Crippen LogP contribution in [0.3, 0.4) is 0 Å². The zero-order valence-electron chi connectivity index (χ0n) is 9.76. The highest BCUT2D eigenvalue weighted by atomic mass is 79.9. The first-order valence-corrected chi connectivity index (χ1v) is 6.31. The molecular weight excluding hydrogens is 250 g/mol. The lowest BCUT2D eigenvalue weighted by molar-refractivity contribution is 0.507. The average Bonchev–Trinajstić information content (AvgIpc) is 2.18. The SMILES string of the molecule is Cc1ccc([C@@H](N)CCC(C)C)cc1Br. The van der Waals surface area contributed by atoms with Crippen molar-refractivity contribution in [2.24, 2.45) is 11.7 Å². The van der Waals surface area contributed by atoms with Crippen molar-refractivity contribution in [3.8, 4) is 0 Å². The number of hydrogen-bond donors (Lipinski definition) is 1. The van der Waals surface area contributed by atoms with Crippen LogP contribution in [0.2, 0.25) is 0 Å². The van der Waals surface area contributed by atoms with E-state index < -0.39 is 0 Å². The predicted molar refractivity (Wildman–Crippen MR) is 69.9 cm³/mol. The number of hydrogen-bond acceptors (Lipinski definition) is 1. The second kappa shape index (κ2) is 5.66. The van der Waals surface area contributed by atoms with Gasteiger partial charge in [-0.2, -0.15) is 0 Å². The van der Waals surface area contributed by atoms with Crippen LogP contribution in [0.25, 0.3) is 0 Å². The van der Waals surface area contributed by atoms with Crippen LogP contribution in [0, 0.1) is 12.8 Å². The van der Waals surface area contributed by atoms with Crippen LogP contribution in [-0.2, 0) is 0 Å². The molecular formula is C13H20BrN. The minimum atomic E-state index is 0.171. The summed E-state index contributed by atoms with van der Waals surface area (Å²) < 4.78 is 1.15. The molecule has 0 saturated heterocycles. The van der Waals surface area contributed by atoms with Gasteiger partial charge in [-0.1, -0.05) is 41.9 Å². The quantitative estimate of drug-likeness (QED) is 0.872. The Hall–Kier alpha value is -0.340. The van der Waals surface area contributed by atoms with Gasteiger partial charge >= 0.3 is 0 Å². The Morgan fingerprint density at radius 3 is 2.47 bits per heavy atom. The van der Waals surface area contributed by atoms with Gasteiger partial charge in [0.05, 0.1) is 0 Å². The molecule has 15 heavy (non-hydrogen) atoms. The van der Waals surface area contributed by atoms with Gasteiger partial charge < -0.3 is 5.73 Å². The first-order valence-electron chi connectivity index (χ1n) is 5.52. The van der Waals surface area contributed by atoms with Crippen molar-refractivity contribution >= 4 is 15.9 Å². The van der Waals surface area contributed by atoms with Gasteiger partial charge in [0.25, 0.3) is 0 Å². The molecule has 0 fully saturated rings. The molecule has 0 bridgehead atoms. The number of nitrogens with two attached hydrogens (primary N) is 1. The van der Waals surface area contributed by atoms with Crippen molar-refractivity contribution in [1.29, 1.82) is 0 Å². The molecule has 0 aliphatic carbocycles. The van der Waals surface area contributed by atoms with Crippen LogP contribution in [0.15, 0.2) is 22.7 Å². The zero-order chi connectivity index (χ0) is 11.4. The molecule has 0 saturated carbocycles. The van der Waals surface area contributed by atoms with Gasteiger partial charge in [0.2, 0.25) is 0 Å². The Bertz CT molecular complexity index is 320. The first kappa shape index (κ1) is 12.7. The Labute approximate surface area is 101 Å². The zero-order valence-corrected chi connectivity index (χ0v) is 11.3. The highest BCUT2D eigenvalue weighted by Gasteiger charge is 2.08. The molecule has 2 N–H and O–H groups in total. The van der Waals surface area contributed by atoms with Crippen LogP contribution in [0.4, 0.5) is 0 Å². The van der Waals surface area contributed by atoms with Crippen molar-refractivity contribution in [2.45, 2.75) is 39.7 Å². The summed E-state index contributed by atoms with van der Waals surface area (Å²) in [6.07, 6.45) is 2.25. The van der Waals surface area contributed by atoms with Gasteiger partial charge in [0.1, 0.15) is 0 Å².